The summed E-state index contributed by atoms with van der Waals surface area (Å²) in [6.07, 6.45) is 0.838. The van der Waals surface area contributed by atoms with E-state index >= 15 is 0 Å². The number of hydrogen-bond acceptors (Lipinski definition) is 2. The molecule has 82 valence electrons. The van der Waals surface area contributed by atoms with Crippen LogP contribution in [0.15, 0.2) is 0 Å². The first-order valence-electron chi connectivity index (χ1n) is 4.72. The lowest BCUT2D eigenvalue weighted by molar-refractivity contribution is -0.129. The van der Waals surface area contributed by atoms with Crippen LogP contribution in [-0.4, -0.2) is 26.7 Å². The zero-order valence-electron chi connectivity index (χ0n) is 8.68. The van der Waals surface area contributed by atoms with E-state index in [1.807, 2.05) is 13.8 Å². The number of alkyl halides is 2. The van der Waals surface area contributed by atoms with E-state index in [0.717, 1.165) is 0 Å². The molecule has 0 aliphatic heterocycles. The van der Waals surface area contributed by atoms with Gasteiger partial charge in [-0.1, -0.05) is 0 Å². The highest BCUT2D eigenvalue weighted by Crippen LogP contribution is 2.41. The number of aliphatic hydroxyl groups is 1. The van der Waals surface area contributed by atoms with Crippen LogP contribution < -0.4 is 0 Å². The van der Waals surface area contributed by atoms with Gasteiger partial charge in [-0.25, -0.2) is 0 Å². The Morgan fingerprint density at radius 3 is 2.43 bits per heavy atom. The van der Waals surface area contributed by atoms with E-state index in [1.165, 1.54) is 0 Å². The second-order valence-electron chi connectivity index (χ2n) is 4.86. The van der Waals surface area contributed by atoms with Crippen molar-refractivity contribution in [3.05, 3.63) is 0 Å². The Bertz CT molecular complexity index is 243. The van der Waals surface area contributed by atoms with Crippen LogP contribution in [0.1, 0.15) is 33.6 Å². The van der Waals surface area contributed by atoms with Crippen LogP contribution >= 0.6 is 23.2 Å². The van der Waals surface area contributed by atoms with Crippen LogP contribution in [0.5, 0.6) is 0 Å². The van der Waals surface area contributed by atoms with E-state index in [0.29, 0.717) is 12.8 Å². The minimum absolute atomic E-state index is 0.0123. The Balaban J connectivity index is 2.85. The fourth-order valence-electron chi connectivity index (χ4n) is 1.85. The second kappa shape index (κ2) is 3.66. The molecular formula is C10H16Cl2O2. The molecule has 0 radical (unpaired) electrons. The Labute approximate surface area is 94.6 Å². The van der Waals surface area contributed by atoms with E-state index in [4.69, 9.17) is 23.2 Å². The second-order valence-corrected chi connectivity index (χ2v) is 6.27. The van der Waals surface area contributed by atoms with Crippen molar-refractivity contribution in [1.29, 1.82) is 0 Å². The van der Waals surface area contributed by atoms with E-state index in [1.54, 1.807) is 6.92 Å². The molecule has 3 atom stereocenters. The number of rotatable bonds is 1. The fraction of sp³-hybridized carbons (Fsp3) is 0.900. The Kier molecular flexibility index (Phi) is 3.21. The molecule has 14 heavy (non-hydrogen) atoms. The van der Waals surface area contributed by atoms with Gasteiger partial charge in [-0.3, -0.25) is 4.79 Å². The normalized spacial score (nSPS) is 40.0. The van der Waals surface area contributed by atoms with E-state index < -0.39 is 15.9 Å². The monoisotopic (exact) mass is 238 g/mol. The van der Waals surface area contributed by atoms with Crippen molar-refractivity contribution < 1.29 is 9.90 Å². The molecule has 1 rings (SSSR count). The number of ketones is 1. The molecule has 1 aliphatic carbocycles. The highest BCUT2D eigenvalue weighted by atomic mass is 35.5. The summed E-state index contributed by atoms with van der Waals surface area (Å²) in [7, 11) is 0. The molecule has 0 aromatic heterocycles. The highest BCUT2D eigenvalue weighted by molar-refractivity contribution is 6.32. The maximum absolute atomic E-state index is 11.5. The number of carbonyl (C=O) groups is 1. The summed E-state index contributed by atoms with van der Waals surface area (Å²) in [5.74, 6) is -0.122. The molecule has 4 heteroatoms. The van der Waals surface area contributed by atoms with E-state index in [-0.39, 0.29) is 11.7 Å². The lowest BCUT2D eigenvalue weighted by atomic mass is 9.73. The minimum atomic E-state index is -1.13. The van der Waals surface area contributed by atoms with Gasteiger partial charge in [-0.15, -0.1) is 23.2 Å². The van der Waals surface area contributed by atoms with Gasteiger partial charge in [0.05, 0.1) is 5.60 Å². The Morgan fingerprint density at radius 1 is 1.57 bits per heavy atom. The van der Waals surface area contributed by atoms with Gasteiger partial charge in [0.1, 0.15) is 5.38 Å². The molecule has 0 heterocycles. The predicted octanol–water partition coefficient (Wildman–Crippen LogP) is 2.34. The van der Waals surface area contributed by atoms with Crippen LogP contribution in [0.2, 0.25) is 0 Å². The average molecular weight is 239 g/mol. The number of Topliss-reactive ketones (excluding diaryl/α,β-unsaturated/α-hetero) is 1. The minimum Gasteiger partial charge on any atom is -0.388 e. The summed E-state index contributed by atoms with van der Waals surface area (Å²) in [6, 6.07) is 0. The summed E-state index contributed by atoms with van der Waals surface area (Å²) in [4.78, 5) is 11.0. The third-order valence-electron chi connectivity index (χ3n) is 2.91. The molecule has 0 unspecified atom stereocenters. The SMILES string of the molecule is CC(C)(Cl)[C@H]1CC(=O)[C@@H](Cl)[C@](C)(O)C1. The van der Waals surface area contributed by atoms with Crippen LogP contribution in [0.25, 0.3) is 0 Å². The van der Waals surface area contributed by atoms with Crippen molar-refractivity contribution in [3.63, 3.8) is 0 Å². The molecule has 2 nitrogen and oxygen atoms in total. The summed E-state index contributed by atoms with van der Waals surface area (Å²) in [5, 5.41) is 9.14. The van der Waals surface area contributed by atoms with Gasteiger partial charge in [-0.05, 0) is 33.1 Å². The summed E-state index contributed by atoms with van der Waals surface area (Å²) in [5.41, 5.74) is -1.13. The highest BCUT2D eigenvalue weighted by Gasteiger charge is 2.46. The van der Waals surface area contributed by atoms with E-state index in [9.17, 15) is 9.90 Å². The quantitative estimate of drug-likeness (QED) is 0.713. The predicted molar refractivity (Wildman–Crippen MR) is 57.9 cm³/mol. The topological polar surface area (TPSA) is 37.3 Å². The van der Waals surface area contributed by atoms with Gasteiger partial charge in [-0.2, -0.15) is 0 Å². The first-order valence-corrected chi connectivity index (χ1v) is 5.54. The number of halogens is 2. The molecule has 1 saturated carbocycles. The smallest absolute Gasteiger partial charge is 0.153 e. The molecule has 0 amide bonds. The number of carbonyl (C=O) groups excluding carboxylic acids is 1. The first kappa shape index (κ1) is 12.3. The van der Waals surface area contributed by atoms with Crippen molar-refractivity contribution in [2.24, 2.45) is 5.92 Å². The van der Waals surface area contributed by atoms with Gasteiger partial charge >= 0.3 is 0 Å². The van der Waals surface area contributed by atoms with Gasteiger partial charge in [0.25, 0.3) is 0 Å². The number of hydrogen-bond donors (Lipinski definition) is 1. The third kappa shape index (κ3) is 2.41. The standard InChI is InChI=1S/C10H16Cl2O2/c1-9(2,12)6-4-7(13)8(11)10(3,14)5-6/h6,8,14H,4-5H2,1-3H3/t6-,8+,10+/m0/s1. The van der Waals surface area contributed by atoms with Crippen molar-refractivity contribution in [1.82, 2.24) is 0 Å². The zero-order chi connectivity index (χ0) is 11.1. The fourth-order valence-corrected chi connectivity index (χ4v) is 2.19. The maximum Gasteiger partial charge on any atom is 0.153 e. The Morgan fingerprint density at radius 2 is 2.07 bits per heavy atom. The van der Waals surface area contributed by atoms with Gasteiger partial charge < -0.3 is 5.11 Å². The lowest BCUT2D eigenvalue weighted by Crippen LogP contribution is -2.50. The van der Waals surface area contributed by atoms with Crippen LogP contribution in [0.4, 0.5) is 0 Å². The molecule has 0 aromatic carbocycles. The van der Waals surface area contributed by atoms with Gasteiger partial charge in [0, 0.05) is 11.3 Å². The van der Waals surface area contributed by atoms with Crippen molar-refractivity contribution in [2.45, 2.75) is 49.5 Å². The zero-order valence-corrected chi connectivity index (χ0v) is 10.2. The Hall–Kier alpha value is 0.210. The average Bonchev–Trinajstić information content (AvgIpc) is 1.97. The first-order chi connectivity index (χ1) is 6.14. The summed E-state index contributed by atoms with van der Waals surface area (Å²) < 4.78 is 0. The molecule has 0 bridgehead atoms. The van der Waals surface area contributed by atoms with E-state index in [2.05, 4.69) is 0 Å². The van der Waals surface area contributed by atoms with Gasteiger partial charge in [0.15, 0.2) is 5.78 Å². The maximum atomic E-state index is 11.5. The molecule has 1 N–H and O–H groups in total. The van der Waals surface area contributed by atoms with Gasteiger partial charge in [0.2, 0.25) is 0 Å². The van der Waals surface area contributed by atoms with Crippen molar-refractivity contribution >= 4 is 29.0 Å². The molecule has 0 spiro atoms. The van der Waals surface area contributed by atoms with Crippen LogP contribution in [0.3, 0.4) is 0 Å². The molecule has 1 fully saturated rings. The molecule has 1 aliphatic rings. The largest absolute Gasteiger partial charge is 0.388 e. The van der Waals surface area contributed by atoms with Crippen molar-refractivity contribution in [2.75, 3.05) is 0 Å². The summed E-state index contributed by atoms with van der Waals surface area (Å²) in [6.45, 7) is 5.31. The van der Waals surface area contributed by atoms with Crippen LogP contribution in [-0.2, 0) is 4.79 Å². The molecule has 0 aromatic rings. The third-order valence-corrected chi connectivity index (χ3v) is 3.93. The van der Waals surface area contributed by atoms with Crippen molar-refractivity contribution in [3.8, 4) is 0 Å². The molecular weight excluding hydrogens is 223 g/mol. The van der Waals surface area contributed by atoms with Crippen LogP contribution in [0, 0.1) is 5.92 Å². The lowest BCUT2D eigenvalue weighted by Gasteiger charge is -2.41. The molecule has 0 saturated heterocycles. The summed E-state index contributed by atoms with van der Waals surface area (Å²) >= 11 is 12.0.